The van der Waals surface area contributed by atoms with Crippen LogP contribution in [0, 0.1) is 6.92 Å². The molecule has 1 aliphatic carbocycles. The van der Waals surface area contributed by atoms with Gasteiger partial charge in [-0.2, -0.15) is 0 Å². The van der Waals surface area contributed by atoms with Crippen LogP contribution >= 0.6 is 0 Å². The zero-order chi connectivity index (χ0) is 9.71. The predicted octanol–water partition coefficient (Wildman–Crippen LogP) is 2.69. The first-order chi connectivity index (χ1) is 6.77. The van der Waals surface area contributed by atoms with E-state index in [4.69, 9.17) is 0 Å². The largest absolute Gasteiger partial charge is 0.310 e. The molecular formula is C13H17N. The molecule has 0 saturated carbocycles. The molecule has 1 aromatic carbocycles. The number of nitrogens with one attached hydrogen (secondary N) is 1. The molecular weight excluding hydrogens is 170 g/mol. The summed E-state index contributed by atoms with van der Waals surface area (Å²) >= 11 is 0. The Kier molecular flexibility index (Phi) is 1.72. The fraction of sp³-hybridized carbons (Fsp3) is 0.538. The highest BCUT2D eigenvalue weighted by atomic mass is 14.9. The minimum Gasteiger partial charge on any atom is -0.310 e. The van der Waals surface area contributed by atoms with E-state index in [0.717, 1.165) is 5.92 Å². The fourth-order valence-corrected chi connectivity index (χ4v) is 3.16. The molecule has 74 valence electrons. The topological polar surface area (TPSA) is 12.0 Å². The molecule has 1 heteroatoms. The van der Waals surface area contributed by atoms with Crippen LogP contribution in [0.5, 0.6) is 0 Å². The molecule has 1 heterocycles. The van der Waals surface area contributed by atoms with Crippen LogP contribution in [0.15, 0.2) is 12.1 Å². The van der Waals surface area contributed by atoms with Crippen LogP contribution in [0.1, 0.15) is 47.6 Å². The molecule has 0 amide bonds. The molecule has 14 heavy (non-hydrogen) atoms. The summed E-state index contributed by atoms with van der Waals surface area (Å²) in [5, 5.41) is 3.61. The van der Waals surface area contributed by atoms with Crippen LogP contribution in [0.25, 0.3) is 0 Å². The van der Waals surface area contributed by atoms with E-state index in [1.807, 2.05) is 0 Å². The van der Waals surface area contributed by atoms with Crippen molar-refractivity contribution in [1.29, 1.82) is 0 Å². The van der Waals surface area contributed by atoms with Gasteiger partial charge in [0.1, 0.15) is 0 Å². The SMILES string of the molecule is Cc1ccc2c3c1C(C)NCC3CC2. The van der Waals surface area contributed by atoms with Crippen LogP contribution in [0.3, 0.4) is 0 Å². The highest BCUT2D eigenvalue weighted by molar-refractivity contribution is 5.48. The van der Waals surface area contributed by atoms with Gasteiger partial charge in [0, 0.05) is 12.6 Å². The number of rotatable bonds is 0. The third kappa shape index (κ3) is 0.992. The van der Waals surface area contributed by atoms with Gasteiger partial charge in [-0.1, -0.05) is 12.1 Å². The Morgan fingerprint density at radius 3 is 3.00 bits per heavy atom. The standard InChI is InChI=1S/C13H17N/c1-8-3-4-10-5-6-11-7-14-9(2)12(8)13(10)11/h3-4,9,11,14H,5-7H2,1-2H3. The molecule has 2 unspecified atom stereocenters. The van der Waals surface area contributed by atoms with Crippen molar-refractivity contribution in [1.82, 2.24) is 5.32 Å². The first-order valence-electron chi connectivity index (χ1n) is 5.63. The van der Waals surface area contributed by atoms with Crippen LogP contribution < -0.4 is 5.32 Å². The van der Waals surface area contributed by atoms with Gasteiger partial charge in [-0.05, 0) is 54.9 Å². The van der Waals surface area contributed by atoms with Gasteiger partial charge in [-0.25, -0.2) is 0 Å². The quantitative estimate of drug-likeness (QED) is 0.658. The van der Waals surface area contributed by atoms with Crippen molar-refractivity contribution >= 4 is 0 Å². The summed E-state index contributed by atoms with van der Waals surface area (Å²) < 4.78 is 0. The molecule has 2 atom stereocenters. The monoisotopic (exact) mass is 187 g/mol. The minimum atomic E-state index is 0.555. The first kappa shape index (κ1) is 8.49. The second-order valence-electron chi connectivity index (χ2n) is 4.73. The van der Waals surface area contributed by atoms with Crippen LogP contribution in [-0.2, 0) is 6.42 Å². The van der Waals surface area contributed by atoms with Gasteiger partial charge in [0.05, 0.1) is 0 Å². The van der Waals surface area contributed by atoms with Gasteiger partial charge in [0.2, 0.25) is 0 Å². The summed E-state index contributed by atoms with van der Waals surface area (Å²) in [7, 11) is 0. The third-order valence-corrected chi connectivity index (χ3v) is 3.87. The molecule has 0 fully saturated rings. The van der Waals surface area contributed by atoms with Crippen LogP contribution in [0.2, 0.25) is 0 Å². The van der Waals surface area contributed by atoms with Gasteiger partial charge in [-0.3, -0.25) is 0 Å². The molecule has 1 N–H and O–H groups in total. The Balaban J connectivity index is 2.27. The van der Waals surface area contributed by atoms with Gasteiger partial charge in [0.15, 0.2) is 0 Å². The highest BCUT2D eigenvalue weighted by Gasteiger charge is 2.31. The molecule has 3 rings (SSSR count). The summed E-state index contributed by atoms with van der Waals surface area (Å²) in [5.41, 5.74) is 6.37. The van der Waals surface area contributed by atoms with E-state index in [9.17, 15) is 0 Å². The van der Waals surface area contributed by atoms with E-state index in [-0.39, 0.29) is 0 Å². The number of hydrogen-bond acceptors (Lipinski definition) is 1. The number of benzene rings is 1. The Hall–Kier alpha value is -0.820. The fourth-order valence-electron chi connectivity index (χ4n) is 3.16. The van der Waals surface area contributed by atoms with Crippen molar-refractivity contribution in [2.24, 2.45) is 0 Å². The Morgan fingerprint density at radius 1 is 1.29 bits per heavy atom. The van der Waals surface area contributed by atoms with E-state index in [1.165, 1.54) is 24.9 Å². The molecule has 1 nitrogen and oxygen atoms in total. The maximum atomic E-state index is 3.61. The summed E-state index contributed by atoms with van der Waals surface area (Å²) in [6.07, 6.45) is 2.65. The summed E-state index contributed by atoms with van der Waals surface area (Å²) in [5.74, 6) is 0.802. The molecule has 0 saturated heterocycles. The van der Waals surface area contributed by atoms with Gasteiger partial charge in [-0.15, -0.1) is 0 Å². The predicted molar refractivity (Wildman–Crippen MR) is 58.7 cm³/mol. The average Bonchev–Trinajstić information content (AvgIpc) is 2.58. The summed E-state index contributed by atoms with van der Waals surface area (Å²) in [6, 6.07) is 5.19. The van der Waals surface area contributed by atoms with E-state index in [2.05, 4.69) is 31.3 Å². The third-order valence-electron chi connectivity index (χ3n) is 3.87. The summed E-state index contributed by atoms with van der Waals surface area (Å²) in [6.45, 7) is 5.72. The summed E-state index contributed by atoms with van der Waals surface area (Å²) in [4.78, 5) is 0. The maximum absolute atomic E-state index is 3.61. The molecule has 0 spiro atoms. The Morgan fingerprint density at radius 2 is 2.14 bits per heavy atom. The second kappa shape index (κ2) is 2.83. The normalized spacial score (nSPS) is 29.0. The average molecular weight is 187 g/mol. The highest BCUT2D eigenvalue weighted by Crippen LogP contribution is 2.41. The Bertz CT molecular complexity index is 381. The van der Waals surface area contributed by atoms with E-state index < -0.39 is 0 Å². The molecule has 1 aliphatic heterocycles. The number of hydrogen-bond donors (Lipinski definition) is 1. The van der Waals surface area contributed by atoms with Crippen molar-refractivity contribution in [3.05, 3.63) is 34.4 Å². The van der Waals surface area contributed by atoms with Gasteiger partial charge >= 0.3 is 0 Å². The zero-order valence-corrected chi connectivity index (χ0v) is 8.93. The maximum Gasteiger partial charge on any atom is 0.0297 e. The molecule has 0 radical (unpaired) electrons. The van der Waals surface area contributed by atoms with Crippen LogP contribution in [0.4, 0.5) is 0 Å². The van der Waals surface area contributed by atoms with Crippen molar-refractivity contribution in [3.63, 3.8) is 0 Å². The lowest BCUT2D eigenvalue weighted by atomic mass is 9.85. The van der Waals surface area contributed by atoms with Crippen molar-refractivity contribution in [2.75, 3.05) is 6.54 Å². The van der Waals surface area contributed by atoms with E-state index in [1.54, 1.807) is 16.7 Å². The van der Waals surface area contributed by atoms with Crippen molar-refractivity contribution in [3.8, 4) is 0 Å². The van der Waals surface area contributed by atoms with Crippen LogP contribution in [-0.4, -0.2) is 6.54 Å². The second-order valence-corrected chi connectivity index (χ2v) is 4.73. The van der Waals surface area contributed by atoms with Crippen molar-refractivity contribution in [2.45, 2.75) is 38.6 Å². The molecule has 1 aromatic rings. The lowest BCUT2D eigenvalue weighted by Crippen LogP contribution is -2.30. The van der Waals surface area contributed by atoms with Gasteiger partial charge < -0.3 is 5.32 Å². The van der Waals surface area contributed by atoms with Crippen molar-refractivity contribution < 1.29 is 0 Å². The van der Waals surface area contributed by atoms with E-state index >= 15 is 0 Å². The lowest BCUT2D eigenvalue weighted by molar-refractivity contribution is 0.478. The van der Waals surface area contributed by atoms with E-state index in [0.29, 0.717) is 6.04 Å². The lowest BCUT2D eigenvalue weighted by Gasteiger charge is -2.30. The molecule has 0 aromatic heterocycles. The van der Waals surface area contributed by atoms with Gasteiger partial charge in [0.25, 0.3) is 0 Å². The minimum absolute atomic E-state index is 0.555. The zero-order valence-electron chi connectivity index (χ0n) is 8.93. The molecule has 2 aliphatic rings. The smallest absolute Gasteiger partial charge is 0.0297 e. The first-order valence-corrected chi connectivity index (χ1v) is 5.63. The Labute approximate surface area is 85.5 Å². The number of aryl methyl sites for hydroxylation is 2. The molecule has 0 bridgehead atoms.